The molecule has 2 N–H and O–H groups in total. The van der Waals surface area contributed by atoms with Gasteiger partial charge in [-0.2, -0.15) is 0 Å². The summed E-state index contributed by atoms with van der Waals surface area (Å²) in [7, 11) is 0. The quantitative estimate of drug-likeness (QED) is 0.654. The summed E-state index contributed by atoms with van der Waals surface area (Å²) in [6.45, 7) is 5.96. The normalized spacial score (nSPS) is 20.3. The lowest BCUT2D eigenvalue weighted by Crippen LogP contribution is -2.44. The minimum atomic E-state index is 0.330. The molecule has 6 heteroatoms. The standard InChI is InChI=1S/C18H27N3O3/c19-18(21-7-11-23-12-8-21)20-13-15-1-3-16(4-2-15)14-24-17-5-9-22-10-6-17/h1-4,17H,5-14H2,(H2,19,20). The number of nitrogens with zero attached hydrogens (tertiary/aromatic N) is 2. The van der Waals surface area contributed by atoms with Gasteiger partial charge in [0.15, 0.2) is 5.96 Å². The van der Waals surface area contributed by atoms with Gasteiger partial charge in [-0.3, -0.25) is 0 Å². The van der Waals surface area contributed by atoms with Gasteiger partial charge < -0.3 is 24.8 Å². The van der Waals surface area contributed by atoms with E-state index in [1.165, 1.54) is 5.56 Å². The summed E-state index contributed by atoms with van der Waals surface area (Å²) in [5.74, 6) is 0.602. The third-order valence-corrected chi connectivity index (χ3v) is 4.44. The zero-order chi connectivity index (χ0) is 16.6. The Kier molecular flexibility index (Phi) is 6.46. The first kappa shape index (κ1) is 17.2. The van der Waals surface area contributed by atoms with E-state index in [1.54, 1.807) is 0 Å². The molecule has 0 atom stereocenters. The highest BCUT2D eigenvalue weighted by Gasteiger charge is 2.14. The molecule has 132 valence electrons. The van der Waals surface area contributed by atoms with Crippen molar-refractivity contribution in [1.29, 1.82) is 0 Å². The second-order valence-electron chi connectivity index (χ2n) is 6.21. The minimum absolute atomic E-state index is 0.330. The van der Waals surface area contributed by atoms with Crippen LogP contribution in [0, 0.1) is 0 Å². The van der Waals surface area contributed by atoms with Crippen LogP contribution in [0.15, 0.2) is 29.3 Å². The lowest BCUT2D eigenvalue weighted by Gasteiger charge is -2.27. The number of rotatable bonds is 5. The third kappa shape index (κ3) is 5.19. The molecule has 0 bridgehead atoms. The van der Waals surface area contributed by atoms with Gasteiger partial charge in [-0.15, -0.1) is 0 Å². The summed E-state index contributed by atoms with van der Waals surface area (Å²) in [6.07, 6.45) is 2.32. The van der Waals surface area contributed by atoms with E-state index in [0.29, 0.717) is 25.2 Å². The molecule has 2 aliphatic heterocycles. The fourth-order valence-corrected chi connectivity index (χ4v) is 2.86. The number of morpholine rings is 1. The Morgan fingerprint density at radius 1 is 1.04 bits per heavy atom. The Labute approximate surface area is 143 Å². The highest BCUT2D eigenvalue weighted by atomic mass is 16.5. The average molecular weight is 333 g/mol. The fraction of sp³-hybridized carbons (Fsp3) is 0.611. The Bertz CT molecular complexity index is 521. The average Bonchev–Trinajstić information content (AvgIpc) is 2.67. The third-order valence-electron chi connectivity index (χ3n) is 4.44. The van der Waals surface area contributed by atoms with Crippen molar-refractivity contribution in [1.82, 2.24) is 4.90 Å². The van der Waals surface area contributed by atoms with E-state index < -0.39 is 0 Å². The summed E-state index contributed by atoms with van der Waals surface area (Å²) in [5.41, 5.74) is 8.39. The second-order valence-corrected chi connectivity index (χ2v) is 6.21. The number of guanidine groups is 1. The first-order valence-electron chi connectivity index (χ1n) is 8.71. The van der Waals surface area contributed by atoms with E-state index in [9.17, 15) is 0 Å². The summed E-state index contributed by atoms with van der Waals surface area (Å²) in [4.78, 5) is 6.56. The predicted molar refractivity (Wildman–Crippen MR) is 92.8 cm³/mol. The Balaban J connectivity index is 1.45. The van der Waals surface area contributed by atoms with Gasteiger partial charge in [0.25, 0.3) is 0 Å². The van der Waals surface area contributed by atoms with Crippen LogP contribution in [0.2, 0.25) is 0 Å². The van der Waals surface area contributed by atoms with Crippen LogP contribution < -0.4 is 5.73 Å². The molecule has 24 heavy (non-hydrogen) atoms. The van der Waals surface area contributed by atoms with Crippen LogP contribution in [0.25, 0.3) is 0 Å². The number of aliphatic imine (C=N–C) groups is 1. The summed E-state index contributed by atoms with van der Waals surface area (Å²) < 4.78 is 16.6. The van der Waals surface area contributed by atoms with Crippen molar-refractivity contribution in [3.63, 3.8) is 0 Å². The molecule has 0 aliphatic carbocycles. The fourth-order valence-electron chi connectivity index (χ4n) is 2.86. The Morgan fingerprint density at radius 3 is 2.38 bits per heavy atom. The highest BCUT2D eigenvalue weighted by Crippen LogP contribution is 2.14. The molecule has 0 aromatic heterocycles. The van der Waals surface area contributed by atoms with Gasteiger partial charge in [0, 0.05) is 26.3 Å². The smallest absolute Gasteiger partial charge is 0.191 e. The molecule has 0 radical (unpaired) electrons. The van der Waals surface area contributed by atoms with E-state index in [4.69, 9.17) is 19.9 Å². The molecule has 3 rings (SSSR count). The van der Waals surface area contributed by atoms with Crippen LogP contribution in [0.5, 0.6) is 0 Å². The molecule has 0 saturated carbocycles. The van der Waals surface area contributed by atoms with Gasteiger partial charge in [-0.25, -0.2) is 4.99 Å². The highest BCUT2D eigenvalue weighted by molar-refractivity contribution is 5.78. The maximum atomic E-state index is 6.05. The van der Waals surface area contributed by atoms with Crippen molar-refractivity contribution in [2.75, 3.05) is 39.5 Å². The van der Waals surface area contributed by atoms with Gasteiger partial charge in [-0.05, 0) is 24.0 Å². The monoisotopic (exact) mass is 333 g/mol. The molecule has 2 aliphatic rings. The number of nitrogens with two attached hydrogens (primary N) is 1. The van der Waals surface area contributed by atoms with Crippen LogP contribution in [-0.4, -0.2) is 56.5 Å². The number of ether oxygens (including phenoxy) is 3. The SMILES string of the molecule is NC(=NCc1ccc(COC2CCOCC2)cc1)N1CCOCC1. The van der Waals surface area contributed by atoms with E-state index in [2.05, 4.69) is 34.2 Å². The van der Waals surface area contributed by atoms with Gasteiger partial charge in [0.05, 0.1) is 32.5 Å². The molecule has 0 amide bonds. The molecule has 2 fully saturated rings. The van der Waals surface area contributed by atoms with Crippen LogP contribution in [0.4, 0.5) is 0 Å². The molecular weight excluding hydrogens is 306 g/mol. The Hall–Kier alpha value is -1.63. The van der Waals surface area contributed by atoms with Crippen molar-refractivity contribution < 1.29 is 14.2 Å². The largest absolute Gasteiger partial charge is 0.381 e. The maximum absolute atomic E-state index is 6.05. The zero-order valence-electron chi connectivity index (χ0n) is 14.2. The lowest BCUT2D eigenvalue weighted by atomic mass is 10.1. The van der Waals surface area contributed by atoms with Crippen molar-refractivity contribution in [3.8, 4) is 0 Å². The summed E-state index contributed by atoms with van der Waals surface area (Å²) in [6, 6.07) is 8.40. The molecular formula is C18H27N3O3. The zero-order valence-corrected chi connectivity index (χ0v) is 14.2. The second kappa shape index (κ2) is 9.01. The molecule has 6 nitrogen and oxygen atoms in total. The van der Waals surface area contributed by atoms with Crippen LogP contribution in [0.1, 0.15) is 24.0 Å². The summed E-state index contributed by atoms with van der Waals surface area (Å²) >= 11 is 0. The van der Waals surface area contributed by atoms with Crippen molar-refractivity contribution in [2.24, 2.45) is 10.7 Å². The molecule has 2 saturated heterocycles. The van der Waals surface area contributed by atoms with Gasteiger partial charge in [-0.1, -0.05) is 24.3 Å². The first-order chi connectivity index (χ1) is 11.8. The number of hydrogen-bond acceptors (Lipinski definition) is 4. The minimum Gasteiger partial charge on any atom is -0.381 e. The van der Waals surface area contributed by atoms with Gasteiger partial charge in [0.2, 0.25) is 0 Å². The van der Waals surface area contributed by atoms with Crippen LogP contribution >= 0.6 is 0 Å². The van der Waals surface area contributed by atoms with Crippen LogP contribution in [0.3, 0.4) is 0 Å². The molecule has 2 heterocycles. The maximum Gasteiger partial charge on any atom is 0.191 e. The topological polar surface area (TPSA) is 69.3 Å². The van der Waals surface area contributed by atoms with Crippen molar-refractivity contribution in [2.45, 2.75) is 32.1 Å². The van der Waals surface area contributed by atoms with Crippen molar-refractivity contribution in [3.05, 3.63) is 35.4 Å². The number of hydrogen-bond donors (Lipinski definition) is 1. The van der Waals surface area contributed by atoms with Gasteiger partial charge in [0.1, 0.15) is 0 Å². The molecule has 1 aromatic carbocycles. The lowest BCUT2D eigenvalue weighted by molar-refractivity contribution is -0.0390. The van der Waals surface area contributed by atoms with Gasteiger partial charge >= 0.3 is 0 Å². The molecule has 1 aromatic rings. The predicted octanol–water partition coefficient (Wildman–Crippen LogP) is 1.53. The van der Waals surface area contributed by atoms with E-state index in [1.807, 2.05) is 0 Å². The van der Waals surface area contributed by atoms with Crippen molar-refractivity contribution >= 4 is 5.96 Å². The molecule has 0 spiro atoms. The van der Waals surface area contributed by atoms with E-state index >= 15 is 0 Å². The Morgan fingerprint density at radius 2 is 1.67 bits per heavy atom. The van der Waals surface area contributed by atoms with Crippen LogP contribution in [-0.2, 0) is 27.4 Å². The molecule has 0 unspecified atom stereocenters. The first-order valence-corrected chi connectivity index (χ1v) is 8.71. The number of benzene rings is 1. The van der Waals surface area contributed by atoms with E-state index in [-0.39, 0.29) is 0 Å². The summed E-state index contributed by atoms with van der Waals surface area (Å²) in [5, 5.41) is 0. The van der Waals surface area contributed by atoms with E-state index in [0.717, 1.165) is 57.9 Å².